The molecular formula is C20H20O5. The second kappa shape index (κ2) is 8.68. The van der Waals surface area contributed by atoms with Crippen LogP contribution in [0.3, 0.4) is 0 Å². The van der Waals surface area contributed by atoms with Crippen molar-refractivity contribution in [3.8, 4) is 17.2 Å². The van der Waals surface area contributed by atoms with Crippen molar-refractivity contribution < 1.29 is 23.8 Å². The molecule has 0 bridgehead atoms. The van der Waals surface area contributed by atoms with Crippen molar-refractivity contribution in [1.29, 1.82) is 0 Å². The number of esters is 1. The van der Waals surface area contributed by atoms with Crippen LogP contribution in [0.25, 0.3) is 6.08 Å². The van der Waals surface area contributed by atoms with Crippen LogP contribution >= 0.6 is 0 Å². The molecule has 5 heteroatoms. The lowest BCUT2D eigenvalue weighted by Crippen LogP contribution is -2.04. The van der Waals surface area contributed by atoms with Crippen molar-refractivity contribution >= 4 is 17.8 Å². The highest BCUT2D eigenvalue weighted by Gasteiger charge is 2.06. The fraction of sp³-hybridized carbons (Fsp3) is 0.200. The molecule has 0 atom stereocenters. The van der Waals surface area contributed by atoms with E-state index in [1.807, 2.05) is 0 Å². The number of carbonyl (C=O) groups is 2. The van der Waals surface area contributed by atoms with Crippen molar-refractivity contribution in [3.05, 3.63) is 59.7 Å². The molecule has 0 aliphatic carbocycles. The molecule has 2 aromatic carbocycles. The van der Waals surface area contributed by atoms with Crippen LogP contribution in [-0.2, 0) is 4.79 Å². The van der Waals surface area contributed by atoms with Gasteiger partial charge in [0, 0.05) is 18.1 Å². The molecular weight excluding hydrogens is 320 g/mol. The molecule has 0 heterocycles. The lowest BCUT2D eigenvalue weighted by atomic mass is 10.1. The predicted octanol–water partition coefficient (Wildman–Crippen LogP) is 3.92. The van der Waals surface area contributed by atoms with Gasteiger partial charge in [0.2, 0.25) is 0 Å². The van der Waals surface area contributed by atoms with E-state index in [0.717, 1.165) is 5.56 Å². The molecule has 130 valence electrons. The molecule has 0 saturated heterocycles. The van der Waals surface area contributed by atoms with E-state index in [2.05, 4.69) is 0 Å². The Bertz CT molecular complexity index is 775. The average Bonchev–Trinajstić information content (AvgIpc) is 2.66. The zero-order valence-corrected chi connectivity index (χ0v) is 14.4. The Morgan fingerprint density at radius 2 is 1.64 bits per heavy atom. The van der Waals surface area contributed by atoms with E-state index in [9.17, 15) is 9.59 Å². The molecule has 0 unspecified atom stereocenters. The van der Waals surface area contributed by atoms with Crippen LogP contribution in [0.1, 0.15) is 29.3 Å². The van der Waals surface area contributed by atoms with E-state index in [4.69, 9.17) is 14.2 Å². The number of rotatable bonds is 7. The van der Waals surface area contributed by atoms with Crippen LogP contribution in [0.2, 0.25) is 0 Å². The Kier molecular flexibility index (Phi) is 6.34. The number of ketones is 1. The smallest absolute Gasteiger partial charge is 0.336 e. The molecule has 0 radical (unpaired) electrons. The van der Waals surface area contributed by atoms with Gasteiger partial charge in [-0.15, -0.1) is 0 Å². The number of ether oxygens (including phenoxy) is 3. The van der Waals surface area contributed by atoms with E-state index in [1.54, 1.807) is 69.7 Å². The normalized spacial score (nSPS) is 10.5. The van der Waals surface area contributed by atoms with E-state index in [1.165, 1.54) is 6.08 Å². The van der Waals surface area contributed by atoms with Crippen LogP contribution < -0.4 is 14.2 Å². The van der Waals surface area contributed by atoms with Gasteiger partial charge in [0.15, 0.2) is 17.3 Å². The Labute approximate surface area is 146 Å². The van der Waals surface area contributed by atoms with Gasteiger partial charge in [-0.05, 0) is 48.0 Å². The van der Waals surface area contributed by atoms with Gasteiger partial charge < -0.3 is 14.2 Å². The fourth-order valence-electron chi connectivity index (χ4n) is 2.18. The maximum absolute atomic E-state index is 11.9. The Balaban J connectivity index is 2.02. The van der Waals surface area contributed by atoms with Gasteiger partial charge in [0.1, 0.15) is 5.75 Å². The molecule has 0 fully saturated rings. The van der Waals surface area contributed by atoms with Crippen LogP contribution in [0.4, 0.5) is 0 Å². The molecule has 0 aliphatic rings. The number of carbonyl (C=O) groups excluding carboxylic acids is 2. The first kappa shape index (κ1) is 18.3. The van der Waals surface area contributed by atoms with Gasteiger partial charge in [0.05, 0.1) is 14.2 Å². The topological polar surface area (TPSA) is 61.8 Å². The van der Waals surface area contributed by atoms with E-state index in [-0.39, 0.29) is 5.78 Å². The number of hydrogen-bond donors (Lipinski definition) is 0. The summed E-state index contributed by atoms with van der Waals surface area (Å²) in [6.45, 7) is 1.80. The molecule has 2 rings (SSSR count). The summed E-state index contributed by atoms with van der Waals surface area (Å²) in [6, 6.07) is 11.8. The van der Waals surface area contributed by atoms with Gasteiger partial charge in [-0.1, -0.05) is 13.0 Å². The summed E-state index contributed by atoms with van der Waals surface area (Å²) in [5.41, 5.74) is 1.38. The van der Waals surface area contributed by atoms with Gasteiger partial charge in [-0.25, -0.2) is 4.79 Å². The number of hydrogen-bond acceptors (Lipinski definition) is 5. The minimum Gasteiger partial charge on any atom is -0.493 e. The Morgan fingerprint density at radius 1 is 0.960 bits per heavy atom. The molecule has 0 aliphatic heterocycles. The molecule has 0 amide bonds. The number of benzene rings is 2. The molecule has 2 aromatic rings. The molecule has 25 heavy (non-hydrogen) atoms. The van der Waals surface area contributed by atoms with Crippen molar-refractivity contribution in [2.24, 2.45) is 0 Å². The number of methoxy groups -OCH3 is 2. The minimum atomic E-state index is -0.510. The van der Waals surface area contributed by atoms with Crippen molar-refractivity contribution in [1.82, 2.24) is 0 Å². The van der Waals surface area contributed by atoms with Gasteiger partial charge >= 0.3 is 5.97 Å². The zero-order chi connectivity index (χ0) is 18.2. The van der Waals surface area contributed by atoms with Gasteiger partial charge in [-0.3, -0.25) is 4.79 Å². The zero-order valence-electron chi connectivity index (χ0n) is 14.4. The average molecular weight is 340 g/mol. The van der Waals surface area contributed by atoms with Crippen molar-refractivity contribution in [2.45, 2.75) is 13.3 Å². The largest absolute Gasteiger partial charge is 0.493 e. The third kappa shape index (κ3) is 4.94. The highest BCUT2D eigenvalue weighted by Crippen LogP contribution is 2.28. The molecule has 0 N–H and O–H groups in total. The summed E-state index contributed by atoms with van der Waals surface area (Å²) < 4.78 is 15.6. The molecule has 0 aromatic heterocycles. The first-order valence-corrected chi connectivity index (χ1v) is 7.82. The Morgan fingerprint density at radius 3 is 2.24 bits per heavy atom. The Hall–Kier alpha value is -3.08. The fourth-order valence-corrected chi connectivity index (χ4v) is 2.18. The summed E-state index contributed by atoms with van der Waals surface area (Å²) in [6.07, 6.45) is 3.39. The quantitative estimate of drug-likeness (QED) is 0.331. The summed E-state index contributed by atoms with van der Waals surface area (Å²) >= 11 is 0. The van der Waals surface area contributed by atoms with E-state index < -0.39 is 5.97 Å². The maximum atomic E-state index is 11.9. The van der Waals surface area contributed by atoms with Crippen LogP contribution in [0.5, 0.6) is 17.2 Å². The lowest BCUT2D eigenvalue weighted by Gasteiger charge is -2.07. The second-order valence-electron chi connectivity index (χ2n) is 5.17. The van der Waals surface area contributed by atoms with Crippen LogP contribution in [-0.4, -0.2) is 26.0 Å². The maximum Gasteiger partial charge on any atom is 0.336 e. The predicted molar refractivity (Wildman–Crippen MR) is 95.3 cm³/mol. The van der Waals surface area contributed by atoms with Crippen LogP contribution in [0, 0.1) is 0 Å². The molecule has 0 spiro atoms. The summed E-state index contributed by atoms with van der Waals surface area (Å²) in [5.74, 6) is 1.11. The van der Waals surface area contributed by atoms with Gasteiger partial charge in [0.25, 0.3) is 0 Å². The van der Waals surface area contributed by atoms with E-state index in [0.29, 0.717) is 29.2 Å². The molecule has 0 saturated carbocycles. The summed E-state index contributed by atoms with van der Waals surface area (Å²) in [5, 5.41) is 0. The minimum absolute atomic E-state index is 0.0474. The summed E-state index contributed by atoms with van der Waals surface area (Å²) in [4.78, 5) is 23.5. The first-order valence-electron chi connectivity index (χ1n) is 7.82. The third-order valence-electron chi connectivity index (χ3n) is 3.54. The third-order valence-corrected chi connectivity index (χ3v) is 3.54. The van der Waals surface area contributed by atoms with Crippen molar-refractivity contribution in [3.63, 3.8) is 0 Å². The SMILES string of the molecule is CCC(=O)c1ccc(OC(=O)C=Cc2ccc(OC)c(OC)c2)cc1. The highest BCUT2D eigenvalue weighted by molar-refractivity contribution is 5.96. The lowest BCUT2D eigenvalue weighted by molar-refractivity contribution is -0.128. The highest BCUT2D eigenvalue weighted by atomic mass is 16.5. The monoisotopic (exact) mass is 340 g/mol. The van der Waals surface area contributed by atoms with Crippen molar-refractivity contribution in [2.75, 3.05) is 14.2 Å². The second-order valence-corrected chi connectivity index (χ2v) is 5.17. The number of Topliss-reactive ketones (excluding diaryl/α,β-unsaturated/α-hetero) is 1. The molecule has 5 nitrogen and oxygen atoms in total. The standard InChI is InChI=1S/C20H20O5/c1-4-17(21)15-7-9-16(10-8-15)25-20(22)12-6-14-5-11-18(23-2)19(13-14)24-3/h5-13H,4H2,1-3H3. The summed E-state index contributed by atoms with van der Waals surface area (Å²) in [7, 11) is 3.11. The van der Waals surface area contributed by atoms with Gasteiger partial charge in [-0.2, -0.15) is 0 Å². The van der Waals surface area contributed by atoms with Crippen LogP contribution in [0.15, 0.2) is 48.5 Å². The first-order chi connectivity index (χ1) is 12.1. The van der Waals surface area contributed by atoms with E-state index >= 15 is 0 Å².